The summed E-state index contributed by atoms with van der Waals surface area (Å²) in [6.45, 7) is 15.5. The van der Waals surface area contributed by atoms with Gasteiger partial charge in [-0.1, -0.05) is 105 Å². The third kappa shape index (κ3) is 29.7. The number of nitrogens with two attached hydrogens (primary N) is 3. The molecule has 0 spiro atoms. The van der Waals surface area contributed by atoms with Gasteiger partial charge in [0.2, 0.25) is 70.9 Å². The molecule has 20 N–H and O–H groups in total. The average molecular weight is 1390 g/mol. The zero-order chi connectivity index (χ0) is 74.1. The van der Waals surface area contributed by atoms with E-state index >= 15 is 0 Å². The van der Waals surface area contributed by atoms with Gasteiger partial charge in [0.1, 0.15) is 66.5 Å². The number of aliphatic imine (C=N–C) groups is 1. The maximum atomic E-state index is 14.9. The predicted molar refractivity (Wildman–Crippen MR) is 364 cm³/mol. The van der Waals surface area contributed by atoms with Crippen LogP contribution in [0.15, 0.2) is 47.8 Å². The highest BCUT2D eigenvalue weighted by molar-refractivity contribution is 6.00. The van der Waals surface area contributed by atoms with Crippen molar-refractivity contribution < 1.29 is 77.3 Å². The largest absolute Gasteiger partial charge is 0.481 e. The fourth-order valence-corrected chi connectivity index (χ4v) is 10.4. The van der Waals surface area contributed by atoms with Crippen molar-refractivity contribution >= 4 is 89.0 Å². The zero-order valence-corrected chi connectivity index (χ0v) is 58.1. The van der Waals surface area contributed by atoms with E-state index in [-0.39, 0.29) is 89.1 Å². The van der Waals surface area contributed by atoms with Crippen LogP contribution in [0.1, 0.15) is 157 Å². The molecule has 1 aliphatic rings. The summed E-state index contributed by atoms with van der Waals surface area (Å²) < 4.78 is 0. The molecule has 1 fully saturated rings. The van der Waals surface area contributed by atoms with Gasteiger partial charge in [0.15, 0.2) is 0 Å². The molecule has 0 aliphatic carbocycles. The Labute approximate surface area is 577 Å². The molecule has 1 aromatic heterocycles. The number of rotatable bonds is 32. The molecular weight excluding hydrogens is 1290 g/mol. The molecule has 2 aromatic rings. The highest BCUT2D eigenvalue weighted by Crippen LogP contribution is 2.17. The Morgan fingerprint density at radius 3 is 1.80 bits per heavy atom. The van der Waals surface area contributed by atoms with E-state index in [1.165, 1.54) is 25.7 Å². The van der Waals surface area contributed by atoms with Gasteiger partial charge >= 0.3 is 11.9 Å². The smallest absolute Gasteiger partial charge is 0.305 e. The molecule has 0 radical (unpaired) electrons. The van der Waals surface area contributed by atoms with Gasteiger partial charge in [0.25, 0.3) is 0 Å². The maximum Gasteiger partial charge on any atom is 0.305 e. The maximum absolute atomic E-state index is 14.9. The Morgan fingerprint density at radius 2 is 1.22 bits per heavy atom. The van der Waals surface area contributed by atoms with Gasteiger partial charge in [-0.3, -0.25) is 72.1 Å². The Morgan fingerprint density at radius 1 is 0.646 bits per heavy atom. The minimum atomic E-state index is -1.94. The summed E-state index contributed by atoms with van der Waals surface area (Å²) >= 11 is 0. The van der Waals surface area contributed by atoms with Crippen LogP contribution in [0.25, 0.3) is 0 Å². The van der Waals surface area contributed by atoms with Crippen LogP contribution < -0.4 is 75.7 Å². The number of aromatic amines is 1. The minimum Gasteiger partial charge on any atom is -0.481 e. The molecule has 6 unspecified atom stereocenters. The highest BCUT2D eigenvalue weighted by atomic mass is 16.4. The van der Waals surface area contributed by atoms with Crippen molar-refractivity contribution in [1.82, 2.24) is 68.5 Å². The fraction of sp³-hybridized carbons (Fsp3) is 0.636. The number of hydrogen-bond acceptors (Lipinski definition) is 18. The molecule has 12 amide bonds. The first kappa shape index (κ1) is 83.8. The molecule has 1 saturated heterocycles. The van der Waals surface area contributed by atoms with E-state index < -0.39 is 193 Å². The van der Waals surface area contributed by atoms with Crippen molar-refractivity contribution in [2.24, 2.45) is 45.9 Å². The Bertz CT molecular complexity index is 3060. The summed E-state index contributed by atoms with van der Waals surface area (Å²) in [5.74, 6) is -15.8. The standard InChI is InChI=1S/C66H105N17O16/c1-10-36(6)42(68)33-72-39(9)56(89)77-46(27-35(4)5)61(94)75-45(23-24-52(85)86)60(93)83-54(37(7)11-2)65(98)76-43-21-16-17-26-71-57(90)49(30-51(69)84)79-64(97)50(31-53(87)88)80-63(96)48(29-41-32-70-34-73-41)78-62(95)47(28-40-19-14-13-15-20-40)81-66(99)55(38(8)12-3)82-59(92)44(22-18-25-67)74-58(43)91/h13-15,19-20,32-39,42-50,54-55H,10-12,16-18,21-31,67-68H2,1-9H3,(H2,69,84)(H,70,73)(H,71,90)(H,74,91)(H,75,94)(H,76,98)(H,77,89)(H,78,95)(H,79,97)(H,80,96)(H,81,99)(H,82,92)(H,83,93)(H,85,86)(H,87,88)/t36-,37-,38-,39-,42?,43?,44+,45?,46?,47+,48-,49-,50+,54?,55?/m0/s1. The zero-order valence-electron chi connectivity index (χ0n) is 58.1. The number of carbonyl (C=O) groups is 14. The molecular formula is C66H105N17O16. The van der Waals surface area contributed by atoms with Crippen LogP contribution in [0.5, 0.6) is 0 Å². The molecule has 1 aliphatic heterocycles. The van der Waals surface area contributed by atoms with Gasteiger partial charge in [0, 0.05) is 50.0 Å². The summed E-state index contributed by atoms with van der Waals surface area (Å²) in [6, 6.07) is -8.53. The molecule has 0 saturated carbocycles. The number of amides is 12. The van der Waals surface area contributed by atoms with E-state index in [1.807, 2.05) is 13.8 Å². The number of hydrogen-bond donors (Lipinski definition) is 17. The van der Waals surface area contributed by atoms with E-state index in [1.54, 1.807) is 71.9 Å². The summed E-state index contributed by atoms with van der Waals surface area (Å²) in [4.78, 5) is 206. The van der Waals surface area contributed by atoms with E-state index in [0.717, 1.165) is 6.42 Å². The Kier molecular flexibility index (Phi) is 36.5. The lowest BCUT2D eigenvalue weighted by atomic mass is 9.96. The van der Waals surface area contributed by atoms with Gasteiger partial charge in [-0.25, -0.2) is 4.98 Å². The molecule has 33 heteroatoms. The number of aliphatic carboxylic acids is 2. The van der Waals surface area contributed by atoms with E-state index in [9.17, 15) is 77.3 Å². The second kappa shape index (κ2) is 43.1. The van der Waals surface area contributed by atoms with E-state index in [0.29, 0.717) is 11.3 Å². The first-order chi connectivity index (χ1) is 46.8. The third-order valence-corrected chi connectivity index (χ3v) is 17.1. The van der Waals surface area contributed by atoms with Crippen LogP contribution in [0.2, 0.25) is 0 Å². The molecule has 3 rings (SSSR count). The SMILES string of the molecule is CC[C@H](C)C(N)C=N[C@@H](C)C(=O)NC(CC(C)C)C(=O)NC(CCC(=O)O)C(=O)NC(C(=O)NC1CCCCNC(=O)[C@H](CC(N)=O)NC(=O)[C@@H](CC(=O)O)NC(=O)[C@H](Cc2cnc[nH]2)NC(=O)[C@@H](Cc2ccccc2)NC(=O)C([C@@H](C)CC)NC(=O)[C@@H](CCCN)NC1=O)[C@@H](C)CC. The van der Waals surface area contributed by atoms with Crippen LogP contribution in [0, 0.1) is 23.7 Å². The van der Waals surface area contributed by atoms with Gasteiger partial charge in [0.05, 0.1) is 19.2 Å². The van der Waals surface area contributed by atoms with Crippen molar-refractivity contribution in [3.8, 4) is 0 Å². The Hall–Kier alpha value is -9.40. The molecule has 1 aromatic carbocycles. The van der Waals surface area contributed by atoms with Crippen LogP contribution >= 0.6 is 0 Å². The lowest BCUT2D eigenvalue weighted by molar-refractivity contribution is -0.142. The number of imidazole rings is 1. The first-order valence-electron chi connectivity index (χ1n) is 33.9. The molecule has 99 heavy (non-hydrogen) atoms. The molecule has 0 bridgehead atoms. The number of aromatic nitrogens is 2. The predicted octanol–water partition coefficient (Wildman–Crippen LogP) is -1.73. The average Bonchev–Trinajstić information content (AvgIpc) is 1.30. The first-order valence-corrected chi connectivity index (χ1v) is 33.9. The van der Waals surface area contributed by atoms with Gasteiger partial charge < -0.3 is 90.9 Å². The number of H-pyrrole nitrogens is 1. The molecule has 33 nitrogen and oxygen atoms in total. The number of primary amides is 1. The molecule has 550 valence electrons. The van der Waals surface area contributed by atoms with Crippen LogP contribution in [-0.2, 0) is 80.0 Å². The monoisotopic (exact) mass is 1390 g/mol. The molecule has 2 heterocycles. The number of carbonyl (C=O) groups excluding carboxylic acids is 12. The number of nitrogens with zero attached hydrogens (tertiary/aromatic N) is 2. The topological polar surface area (TPSA) is 531 Å². The second-order valence-electron chi connectivity index (χ2n) is 25.7. The normalized spacial score (nSPS) is 22.2. The minimum absolute atomic E-state index is 0.000782. The highest BCUT2D eigenvalue weighted by Gasteiger charge is 2.39. The number of benzene rings is 1. The lowest BCUT2D eigenvalue weighted by Gasteiger charge is -2.30. The third-order valence-electron chi connectivity index (χ3n) is 17.1. The van der Waals surface area contributed by atoms with Crippen molar-refractivity contribution in [2.75, 3.05) is 13.1 Å². The van der Waals surface area contributed by atoms with Gasteiger partial charge in [-0.05, 0) is 87.6 Å². The van der Waals surface area contributed by atoms with E-state index in [4.69, 9.17) is 17.2 Å². The van der Waals surface area contributed by atoms with Crippen molar-refractivity contribution in [2.45, 2.75) is 231 Å². The van der Waals surface area contributed by atoms with Crippen LogP contribution in [0.3, 0.4) is 0 Å². The van der Waals surface area contributed by atoms with Gasteiger partial charge in [-0.15, -0.1) is 0 Å². The van der Waals surface area contributed by atoms with Crippen LogP contribution in [-0.4, -0.2) is 195 Å². The molecule has 15 atom stereocenters. The summed E-state index contributed by atoms with van der Waals surface area (Å²) in [5.41, 5.74) is 18.5. The second-order valence-corrected chi connectivity index (χ2v) is 25.7. The number of nitrogens with one attached hydrogen (secondary N) is 12. The lowest BCUT2D eigenvalue weighted by Crippen LogP contribution is -2.62. The van der Waals surface area contributed by atoms with Crippen molar-refractivity contribution in [3.63, 3.8) is 0 Å². The fourth-order valence-electron chi connectivity index (χ4n) is 10.4. The van der Waals surface area contributed by atoms with E-state index in [2.05, 4.69) is 73.4 Å². The summed E-state index contributed by atoms with van der Waals surface area (Å²) in [6.07, 6.45) is 1.78. The van der Waals surface area contributed by atoms with Gasteiger partial charge in [-0.2, -0.15) is 0 Å². The number of carboxylic acids is 2. The van der Waals surface area contributed by atoms with Crippen molar-refractivity contribution in [1.29, 1.82) is 0 Å². The van der Waals surface area contributed by atoms with Crippen molar-refractivity contribution in [3.05, 3.63) is 54.1 Å². The Balaban J connectivity index is 2.17. The summed E-state index contributed by atoms with van der Waals surface area (Å²) in [5, 5.41) is 48.3. The quantitative estimate of drug-likeness (QED) is 0.0362. The number of carboxylic acid groups (broad SMARTS) is 2. The van der Waals surface area contributed by atoms with Crippen LogP contribution in [0.4, 0.5) is 0 Å². The summed E-state index contributed by atoms with van der Waals surface area (Å²) in [7, 11) is 0.